The van der Waals surface area contributed by atoms with Crippen LogP contribution in [0.1, 0.15) is 147 Å². The third-order valence-corrected chi connectivity index (χ3v) is 11.7. The van der Waals surface area contributed by atoms with Crippen LogP contribution in [-0.2, 0) is 9.47 Å². The smallest absolute Gasteiger partial charge is 0.411 e. The number of nitrogens with zero attached hydrogens (tertiary/aromatic N) is 4. The summed E-state index contributed by atoms with van der Waals surface area (Å²) in [5.41, 5.74) is 8.60. The normalized spacial score (nSPS) is 25.3. The molecule has 2 aliphatic heterocycles. The highest BCUT2D eigenvalue weighted by atomic mass is 16.6. The molecule has 4 aromatic rings. The Morgan fingerprint density at radius 2 is 1.08 bits per heavy atom. The second-order valence-electron chi connectivity index (χ2n) is 17.8. The number of aromatic amines is 2. The Labute approximate surface area is 313 Å². The first-order chi connectivity index (χ1) is 25.1. The number of benzene rings is 2. The molecule has 4 heterocycles. The van der Waals surface area contributed by atoms with Gasteiger partial charge in [0.15, 0.2) is 0 Å². The summed E-state index contributed by atoms with van der Waals surface area (Å²) in [6.45, 7) is 15.6. The molecule has 4 aliphatic rings. The zero-order valence-electron chi connectivity index (χ0n) is 32.5. The Balaban J connectivity index is 1.04. The van der Waals surface area contributed by atoms with Crippen LogP contribution in [0.2, 0.25) is 0 Å². The van der Waals surface area contributed by atoms with E-state index in [4.69, 9.17) is 19.4 Å². The van der Waals surface area contributed by atoms with E-state index < -0.39 is 11.2 Å². The van der Waals surface area contributed by atoms with E-state index in [1.54, 1.807) is 0 Å². The van der Waals surface area contributed by atoms with Gasteiger partial charge in [0.05, 0.1) is 35.9 Å². The number of fused-ring (bicyclic) bond motifs is 5. The molecule has 8 rings (SSSR count). The lowest BCUT2D eigenvalue weighted by molar-refractivity contribution is 0.0141. The van der Waals surface area contributed by atoms with Crippen molar-refractivity contribution >= 4 is 12.2 Å². The van der Waals surface area contributed by atoms with Gasteiger partial charge in [0, 0.05) is 17.6 Å². The van der Waals surface area contributed by atoms with Gasteiger partial charge in [-0.3, -0.25) is 9.80 Å². The van der Waals surface area contributed by atoms with Crippen molar-refractivity contribution in [2.45, 2.75) is 148 Å². The summed E-state index contributed by atoms with van der Waals surface area (Å²) >= 11 is 0. The number of carbonyl (C=O) groups is 2. The number of aromatic nitrogens is 4. The van der Waals surface area contributed by atoms with Gasteiger partial charge in [-0.1, -0.05) is 36.4 Å². The fourth-order valence-electron chi connectivity index (χ4n) is 9.38. The van der Waals surface area contributed by atoms with E-state index in [0.29, 0.717) is 11.8 Å². The van der Waals surface area contributed by atoms with Gasteiger partial charge in [-0.25, -0.2) is 19.6 Å². The highest BCUT2D eigenvalue weighted by Crippen LogP contribution is 2.58. The van der Waals surface area contributed by atoms with Crippen LogP contribution >= 0.6 is 0 Å². The summed E-state index contributed by atoms with van der Waals surface area (Å²) in [5, 5.41) is 0. The van der Waals surface area contributed by atoms with Gasteiger partial charge < -0.3 is 19.4 Å². The third-order valence-electron chi connectivity index (χ3n) is 11.7. The van der Waals surface area contributed by atoms with Crippen molar-refractivity contribution in [1.29, 1.82) is 0 Å². The predicted molar refractivity (Wildman–Crippen MR) is 205 cm³/mol. The van der Waals surface area contributed by atoms with E-state index in [9.17, 15) is 9.59 Å². The molecule has 3 fully saturated rings. The van der Waals surface area contributed by atoms with Gasteiger partial charge in [-0.15, -0.1) is 0 Å². The average molecular weight is 719 g/mol. The summed E-state index contributed by atoms with van der Waals surface area (Å²) in [6.07, 6.45) is 10.4. The molecule has 2 amide bonds. The van der Waals surface area contributed by atoms with Crippen LogP contribution in [0.5, 0.6) is 0 Å². The second kappa shape index (κ2) is 13.1. The minimum absolute atomic E-state index is 0.0898. The highest BCUT2D eigenvalue weighted by Gasteiger charge is 2.43. The lowest BCUT2D eigenvalue weighted by atomic mass is 9.82. The van der Waals surface area contributed by atoms with E-state index in [1.807, 2.05) is 63.7 Å². The topological polar surface area (TPSA) is 116 Å². The molecule has 280 valence electrons. The highest BCUT2D eigenvalue weighted by molar-refractivity contribution is 5.80. The molecule has 2 aromatic heterocycles. The van der Waals surface area contributed by atoms with Gasteiger partial charge in [0.1, 0.15) is 22.9 Å². The van der Waals surface area contributed by atoms with Gasteiger partial charge in [0.25, 0.3) is 0 Å². The molecule has 2 N–H and O–H groups in total. The average Bonchev–Trinajstić information content (AvgIpc) is 3.94. The van der Waals surface area contributed by atoms with Crippen molar-refractivity contribution in [3.05, 3.63) is 71.6 Å². The van der Waals surface area contributed by atoms with E-state index in [-0.39, 0.29) is 36.4 Å². The molecule has 2 unspecified atom stereocenters. The summed E-state index contributed by atoms with van der Waals surface area (Å²) in [5.74, 6) is 2.73. The van der Waals surface area contributed by atoms with Crippen molar-refractivity contribution in [1.82, 2.24) is 29.7 Å². The number of carbonyl (C=O) groups excluding carboxylic acids is 2. The summed E-state index contributed by atoms with van der Waals surface area (Å²) in [6, 6.07) is 13.3. The van der Waals surface area contributed by atoms with Crippen molar-refractivity contribution in [2.24, 2.45) is 0 Å². The van der Waals surface area contributed by atoms with Crippen molar-refractivity contribution in [2.75, 3.05) is 0 Å². The van der Waals surface area contributed by atoms with E-state index >= 15 is 0 Å². The largest absolute Gasteiger partial charge is 0.444 e. The molecule has 2 aliphatic carbocycles. The van der Waals surface area contributed by atoms with E-state index in [1.165, 1.54) is 47.1 Å². The molecule has 6 atom stereocenters. The molecule has 0 radical (unpaired) electrons. The summed E-state index contributed by atoms with van der Waals surface area (Å²) in [7, 11) is 0. The Bertz CT molecular complexity index is 2020. The summed E-state index contributed by atoms with van der Waals surface area (Å²) < 4.78 is 11.5. The number of hydrogen-bond donors (Lipinski definition) is 2. The lowest BCUT2D eigenvalue weighted by Gasteiger charge is -2.30. The van der Waals surface area contributed by atoms with Crippen LogP contribution in [0.4, 0.5) is 9.59 Å². The molecule has 0 spiro atoms. The number of nitrogens with one attached hydrogen (secondary N) is 2. The van der Waals surface area contributed by atoms with Crippen molar-refractivity contribution in [3.8, 4) is 33.6 Å². The molecule has 2 aromatic carbocycles. The molecule has 53 heavy (non-hydrogen) atoms. The van der Waals surface area contributed by atoms with Crippen LogP contribution in [0.15, 0.2) is 48.8 Å². The quantitative estimate of drug-likeness (QED) is 0.212. The fraction of sp³-hybridized carbons (Fsp3) is 0.535. The monoisotopic (exact) mass is 718 g/mol. The Morgan fingerprint density at radius 1 is 0.623 bits per heavy atom. The zero-order valence-corrected chi connectivity index (χ0v) is 32.5. The van der Waals surface area contributed by atoms with Gasteiger partial charge in [0.2, 0.25) is 0 Å². The number of imidazole rings is 2. The Morgan fingerprint density at radius 3 is 1.60 bits per heavy atom. The molecule has 10 heteroatoms. The first-order valence-corrected chi connectivity index (χ1v) is 19.6. The maximum atomic E-state index is 13.2. The van der Waals surface area contributed by atoms with Crippen molar-refractivity contribution in [3.63, 3.8) is 0 Å². The van der Waals surface area contributed by atoms with Crippen LogP contribution in [0.3, 0.4) is 0 Å². The molecule has 1 saturated carbocycles. The fourth-order valence-corrected chi connectivity index (χ4v) is 9.38. The third kappa shape index (κ3) is 6.63. The summed E-state index contributed by atoms with van der Waals surface area (Å²) in [4.78, 5) is 46.8. The number of likely N-dealkylation sites (tertiary alicyclic amines) is 2. The molecule has 10 nitrogen and oxygen atoms in total. The second-order valence-corrected chi connectivity index (χ2v) is 17.8. The molecular formula is C43H54N6O4. The van der Waals surface area contributed by atoms with Crippen LogP contribution in [-0.4, -0.2) is 65.2 Å². The molecule has 2 bridgehead atoms. The standard InChI is InChI=1S/C43H54N6O4/c1-24-9-19-34(48(24)40(50)52-42(3,4)5)38-44-22-32(46-38)27-13-11-26(12-14-27)30-17-18-31(37-29-16-15-28(21-29)36(30)37)33-23-45-39(47-33)35-20-10-25(2)49(35)41(51)53-43(6,7)8/h11-14,17-18,22-25,28-29,34-35H,9-10,15-16,19-21H2,1-8H3,(H,44,46)(H,45,47)/t24-,25-,28?,29?,34-,35-/m0/s1. The molecule has 2 saturated heterocycles. The first-order valence-electron chi connectivity index (χ1n) is 19.6. The minimum Gasteiger partial charge on any atom is -0.444 e. The number of rotatable bonds is 5. The lowest BCUT2D eigenvalue weighted by Crippen LogP contribution is -2.40. The van der Waals surface area contributed by atoms with Gasteiger partial charge in [-0.05, 0) is 140 Å². The first kappa shape index (κ1) is 35.4. The maximum Gasteiger partial charge on any atom is 0.411 e. The number of ether oxygens (including phenoxy) is 2. The van der Waals surface area contributed by atoms with Crippen LogP contribution in [0, 0.1) is 0 Å². The number of H-pyrrole nitrogens is 2. The Hall–Kier alpha value is -4.60. The molecular weight excluding hydrogens is 665 g/mol. The van der Waals surface area contributed by atoms with E-state index in [0.717, 1.165) is 54.3 Å². The van der Waals surface area contributed by atoms with Crippen LogP contribution in [0.25, 0.3) is 33.6 Å². The van der Waals surface area contributed by atoms with Gasteiger partial charge in [-0.2, -0.15) is 0 Å². The Kier molecular flexibility index (Phi) is 8.73. The maximum absolute atomic E-state index is 13.2. The predicted octanol–water partition coefficient (Wildman–Crippen LogP) is 10.4. The van der Waals surface area contributed by atoms with Crippen molar-refractivity contribution < 1.29 is 19.1 Å². The van der Waals surface area contributed by atoms with E-state index in [2.05, 4.69) is 60.2 Å². The minimum atomic E-state index is -0.552. The number of hydrogen-bond acceptors (Lipinski definition) is 6. The SMILES string of the molecule is C[C@H]1CC[C@@H](c2ncc(-c3ccc(-c4ccc(-c5cnc([C@@H]6CC[C@H](C)N6C(=O)OC(C)(C)C)[nH]5)c5c4C4CCC5C4)cc3)[nH]2)N1C(=O)OC(C)(C)C. The number of amides is 2. The van der Waals surface area contributed by atoms with Crippen LogP contribution < -0.4 is 0 Å². The van der Waals surface area contributed by atoms with Gasteiger partial charge >= 0.3 is 12.2 Å². The zero-order chi connectivity index (χ0) is 37.4.